The van der Waals surface area contributed by atoms with Crippen LogP contribution < -0.4 is 5.32 Å². The number of amides is 2. The zero-order valence-corrected chi connectivity index (χ0v) is 15.3. The van der Waals surface area contributed by atoms with Gasteiger partial charge in [0.2, 0.25) is 5.91 Å². The molecule has 4 nitrogen and oxygen atoms in total. The van der Waals surface area contributed by atoms with E-state index in [9.17, 15) is 14.0 Å². The molecular weight excluding hydrogens is 343 g/mol. The van der Waals surface area contributed by atoms with Crippen molar-refractivity contribution in [2.75, 3.05) is 13.1 Å². The number of carbonyl (C=O) groups is 2. The van der Waals surface area contributed by atoms with Gasteiger partial charge in [-0.3, -0.25) is 9.59 Å². The van der Waals surface area contributed by atoms with Crippen LogP contribution in [0.1, 0.15) is 40.2 Å². The summed E-state index contributed by atoms with van der Waals surface area (Å²) in [6, 6.07) is 14.1. The van der Waals surface area contributed by atoms with Crippen LogP contribution in [0.4, 0.5) is 4.39 Å². The van der Waals surface area contributed by atoms with Crippen molar-refractivity contribution >= 4 is 11.8 Å². The first kappa shape index (κ1) is 17.7. The van der Waals surface area contributed by atoms with Crippen LogP contribution in [0, 0.1) is 18.7 Å². The molecule has 1 heterocycles. The van der Waals surface area contributed by atoms with E-state index in [1.54, 1.807) is 17.0 Å². The third-order valence-corrected chi connectivity index (χ3v) is 5.49. The van der Waals surface area contributed by atoms with Crippen molar-refractivity contribution in [1.82, 2.24) is 10.2 Å². The summed E-state index contributed by atoms with van der Waals surface area (Å²) in [6.07, 6.45) is 1.87. The monoisotopic (exact) mass is 366 g/mol. The first-order valence-corrected chi connectivity index (χ1v) is 9.43. The molecule has 1 saturated carbocycles. The third-order valence-electron chi connectivity index (χ3n) is 5.49. The molecule has 2 aliphatic rings. The topological polar surface area (TPSA) is 49.4 Å². The van der Waals surface area contributed by atoms with Crippen LogP contribution in [-0.2, 0) is 4.79 Å². The van der Waals surface area contributed by atoms with Crippen molar-refractivity contribution in [1.29, 1.82) is 0 Å². The summed E-state index contributed by atoms with van der Waals surface area (Å²) < 4.78 is 14.1. The summed E-state index contributed by atoms with van der Waals surface area (Å²) >= 11 is 0. The highest BCUT2D eigenvalue weighted by Crippen LogP contribution is 2.33. The van der Waals surface area contributed by atoms with Gasteiger partial charge in [0.15, 0.2) is 0 Å². The molecule has 2 aromatic carbocycles. The Morgan fingerprint density at radius 1 is 1.04 bits per heavy atom. The molecular formula is C22H23FN2O2. The van der Waals surface area contributed by atoms with E-state index >= 15 is 0 Å². The average molecular weight is 366 g/mol. The SMILES string of the molecule is Cc1ccc([C@@H]2CN(C(=O)c3ccccc3F)C[C@H]2NC(=O)C2CC2)cc1. The van der Waals surface area contributed by atoms with Gasteiger partial charge in [-0.15, -0.1) is 0 Å². The first-order valence-electron chi connectivity index (χ1n) is 9.43. The first-order chi connectivity index (χ1) is 13.0. The average Bonchev–Trinajstić information content (AvgIpc) is 3.44. The Balaban J connectivity index is 1.58. The number of benzene rings is 2. The smallest absolute Gasteiger partial charge is 0.256 e. The highest BCUT2D eigenvalue weighted by molar-refractivity contribution is 5.95. The van der Waals surface area contributed by atoms with Crippen LogP contribution in [0.25, 0.3) is 0 Å². The van der Waals surface area contributed by atoms with Crippen LogP contribution >= 0.6 is 0 Å². The molecule has 4 rings (SSSR count). The van der Waals surface area contributed by atoms with Gasteiger partial charge in [-0.2, -0.15) is 0 Å². The van der Waals surface area contributed by atoms with Gasteiger partial charge in [0.25, 0.3) is 5.91 Å². The standard InChI is InChI=1S/C22H23FN2O2/c1-14-6-8-15(9-7-14)18-12-25(13-20(18)24-21(26)16-10-11-16)22(27)17-4-2-3-5-19(17)23/h2-9,16,18,20H,10-13H2,1H3,(H,24,26)/t18-,20+/m0/s1. The van der Waals surface area contributed by atoms with E-state index in [4.69, 9.17) is 0 Å². The Labute approximate surface area is 158 Å². The summed E-state index contributed by atoms with van der Waals surface area (Å²) in [5.41, 5.74) is 2.33. The number of hydrogen-bond donors (Lipinski definition) is 1. The molecule has 1 aliphatic heterocycles. The van der Waals surface area contributed by atoms with Crippen molar-refractivity contribution < 1.29 is 14.0 Å². The molecule has 27 heavy (non-hydrogen) atoms. The molecule has 1 aliphatic carbocycles. The second kappa shape index (κ2) is 7.14. The third kappa shape index (κ3) is 3.72. The van der Waals surface area contributed by atoms with Crippen molar-refractivity contribution in [3.8, 4) is 0 Å². The Morgan fingerprint density at radius 2 is 1.74 bits per heavy atom. The van der Waals surface area contributed by atoms with E-state index in [0.717, 1.165) is 24.0 Å². The van der Waals surface area contributed by atoms with E-state index in [1.807, 2.05) is 31.2 Å². The Morgan fingerprint density at radius 3 is 2.41 bits per heavy atom. The minimum atomic E-state index is -0.514. The Bertz CT molecular complexity index is 861. The largest absolute Gasteiger partial charge is 0.351 e. The number of nitrogens with zero attached hydrogens (tertiary/aromatic N) is 1. The maximum atomic E-state index is 14.1. The molecule has 0 radical (unpaired) electrons. The number of rotatable bonds is 4. The van der Waals surface area contributed by atoms with E-state index in [2.05, 4.69) is 5.32 Å². The van der Waals surface area contributed by atoms with E-state index in [0.29, 0.717) is 13.1 Å². The molecule has 2 amide bonds. The Hall–Kier alpha value is -2.69. The fourth-order valence-electron chi connectivity index (χ4n) is 3.72. The molecule has 1 saturated heterocycles. The lowest BCUT2D eigenvalue weighted by Gasteiger charge is -2.20. The second-order valence-corrected chi connectivity index (χ2v) is 7.60. The predicted octanol–water partition coefficient (Wildman–Crippen LogP) is 3.27. The van der Waals surface area contributed by atoms with Crippen LogP contribution in [-0.4, -0.2) is 35.8 Å². The zero-order chi connectivity index (χ0) is 19.0. The number of likely N-dealkylation sites (tertiary alicyclic amines) is 1. The molecule has 140 valence electrons. The van der Waals surface area contributed by atoms with Crippen molar-refractivity contribution in [2.24, 2.45) is 5.92 Å². The second-order valence-electron chi connectivity index (χ2n) is 7.60. The van der Waals surface area contributed by atoms with E-state index in [-0.39, 0.29) is 35.3 Å². The van der Waals surface area contributed by atoms with Crippen molar-refractivity contribution in [3.63, 3.8) is 0 Å². The van der Waals surface area contributed by atoms with Gasteiger partial charge in [-0.25, -0.2) is 4.39 Å². The highest BCUT2D eigenvalue weighted by atomic mass is 19.1. The molecule has 5 heteroatoms. The van der Waals surface area contributed by atoms with Gasteiger partial charge in [-0.05, 0) is 37.5 Å². The number of nitrogens with one attached hydrogen (secondary N) is 1. The lowest BCUT2D eigenvalue weighted by atomic mass is 9.93. The quantitative estimate of drug-likeness (QED) is 0.903. The maximum absolute atomic E-state index is 14.1. The van der Waals surface area contributed by atoms with Gasteiger partial charge < -0.3 is 10.2 Å². The summed E-state index contributed by atoms with van der Waals surface area (Å²) in [7, 11) is 0. The van der Waals surface area contributed by atoms with E-state index < -0.39 is 5.82 Å². The highest BCUT2D eigenvalue weighted by Gasteiger charge is 2.40. The van der Waals surface area contributed by atoms with Gasteiger partial charge in [-0.1, -0.05) is 42.0 Å². The molecule has 0 bridgehead atoms. The molecule has 0 spiro atoms. The number of carbonyl (C=O) groups excluding carboxylic acids is 2. The molecule has 2 fully saturated rings. The fraction of sp³-hybridized carbons (Fsp3) is 0.364. The van der Waals surface area contributed by atoms with Crippen LogP contribution in [0.3, 0.4) is 0 Å². The summed E-state index contributed by atoms with van der Waals surface area (Å²) in [6.45, 7) is 2.88. The van der Waals surface area contributed by atoms with Crippen molar-refractivity contribution in [3.05, 3.63) is 71.0 Å². The summed E-state index contributed by atoms with van der Waals surface area (Å²) in [4.78, 5) is 26.8. The summed E-state index contributed by atoms with van der Waals surface area (Å²) in [5.74, 6) is -0.658. The molecule has 0 unspecified atom stereocenters. The number of halogens is 1. The zero-order valence-electron chi connectivity index (χ0n) is 15.3. The summed E-state index contributed by atoms with van der Waals surface area (Å²) in [5, 5.41) is 3.13. The van der Waals surface area contributed by atoms with Gasteiger partial charge in [0, 0.05) is 24.9 Å². The lowest BCUT2D eigenvalue weighted by molar-refractivity contribution is -0.123. The number of aryl methyl sites for hydroxylation is 1. The van der Waals surface area contributed by atoms with Crippen molar-refractivity contribution in [2.45, 2.75) is 31.7 Å². The van der Waals surface area contributed by atoms with Crippen LogP contribution in [0.15, 0.2) is 48.5 Å². The minimum Gasteiger partial charge on any atom is -0.351 e. The minimum absolute atomic E-state index is 0.00373. The normalized spacial score (nSPS) is 21.9. The molecule has 2 aromatic rings. The molecule has 2 atom stereocenters. The van der Waals surface area contributed by atoms with Gasteiger partial charge in [0.1, 0.15) is 5.82 Å². The van der Waals surface area contributed by atoms with Crippen LogP contribution in [0.2, 0.25) is 0 Å². The molecule has 0 aromatic heterocycles. The maximum Gasteiger partial charge on any atom is 0.256 e. The Kier molecular flexibility index (Phi) is 4.68. The molecule has 1 N–H and O–H groups in total. The predicted molar refractivity (Wildman–Crippen MR) is 101 cm³/mol. The van der Waals surface area contributed by atoms with Gasteiger partial charge in [0.05, 0.1) is 11.6 Å². The fourth-order valence-corrected chi connectivity index (χ4v) is 3.72. The van der Waals surface area contributed by atoms with Gasteiger partial charge >= 0.3 is 0 Å². The van der Waals surface area contributed by atoms with E-state index in [1.165, 1.54) is 12.1 Å². The van der Waals surface area contributed by atoms with Crippen LogP contribution in [0.5, 0.6) is 0 Å². The lowest BCUT2D eigenvalue weighted by Crippen LogP contribution is -2.41. The number of hydrogen-bond acceptors (Lipinski definition) is 2.